The summed E-state index contributed by atoms with van der Waals surface area (Å²) in [7, 11) is 1.49. The highest BCUT2D eigenvalue weighted by Crippen LogP contribution is 2.20. The number of amides is 2. The molecule has 1 aliphatic heterocycles. The quantitative estimate of drug-likeness (QED) is 0.845. The van der Waals surface area contributed by atoms with Crippen molar-refractivity contribution in [1.29, 1.82) is 0 Å². The van der Waals surface area contributed by atoms with Crippen molar-refractivity contribution in [2.75, 3.05) is 39.9 Å². The minimum absolute atomic E-state index is 0.0698. The molecule has 0 N–H and O–H groups in total. The highest BCUT2D eigenvalue weighted by molar-refractivity contribution is 5.80. The molecule has 0 aromatic heterocycles. The van der Waals surface area contributed by atoms with E-state index in [1.807, 2.05) is 0 Å². The Balaban J connectivity index is 1.93. The minimum atomic E-state index is -0.402. The topological polar surface area (TPSA) is 59.1 Å². The number of carbonyl (C=O) groups is 2. The Kier molecular flexibility index (Phi) is 5.78. The Morgan fingerprint density at radius 2 is 1.83 bits per heavy atom. The second kappa shape index (κ2) is 7.80. The molecule has 6 nitrogen and oxygen atoms in total. The number of piperazine rings is 1. The number of halogens is 1. The van der Waals surface area contributed by atoms with Crippen molar-refractivity contribution in [3.63, 3.8) is 0 Å². The van der Waals surface area contributed by atoms with Crippen LogP contribution in [0.15, 0.2) is 18.2 Å². The molecule has 1 aromatic rings. The summed E-state index contributed by atoms with van der Waals surface area (Å²) in [5, 5.41) is 0. The first-order chi connectivity index (χ1) is 11.0. The van der Waals surface area contributed by atoms with Crippen LogP contribution in [0, 0.1) is 5.82 Å². The zero-order valence-corrected chi connectivity index (χ0v) is 13.4. The third-order valence-corrected chi connectivity index (χ3v) is 3.74. The fourth-order valence-corrected chi connectivity index (χ4v) is 2.51. The maximum atomic E-state index is 13.4. The SMILES string of the molecule is CCOC(=O)N1CCN(C(=O)Cc2cc(F)ccc2OC)CC1. The standard InChI is InChI=1S/C16H21FN2O4/c1-3-23-16(21)19-8-6-18(7-9-19)15(20)11-12-10-13(17)4-5-14(12)22-2/h4-5,10H,3,6-9,11H2,1-2H3. The van der Waals surface area contributed by atoms with Crippen molar-refractivity contribution < 1.29 is 23.5 Å². The van der Waals surface area contributed by atoms with Gasteiger partial charge in [-0.05, 0) is 25.1 Å². The van der Waals surface area contributed by atoms with Crippen LogP contribution in [-0.4, -0.2) is 61.7 Å². The summed E-state index contributed by atoms with van der Waals surface area (Å²) in [6.07, 6.45) is -0.285. The molecule has 2 rings (SSSR count). The van der Waals surface area contributed by atoms with E-state index >= 15 is 0 Å². The van der Waals surface area contributed by atoms with E-state index in [4.69, 9.17) is 9.47 Å². The maximum absolute atomic E-state index is 13.4. The van der Waals surface area contributed by atoms with E-state index < -0.39 is 5.82 Å². The summed E-state index contributed by atoms with van der Waals surface area (Å²) in [6.45, 7) is 3.83. The van der Waals surface area contributed by atoms with Crippen LogP contribution in [0.5, 0.6) is 5.75 Å². The number of benzene rings is 1. The Labute approximate surface area is 134 Å². The van der Waals surface area contributed by atoms with Gasteiger partial charge in [0, 0.05) is 31.7 Å². The molecule has 7 heteroatoms. The molecule has 0 unspecified atom stereocenters. The van der Waals surface area contributed by atoms with E-state index in [0.717, 1.165) is 0 Å². The summed E-state index contributed by atoms with van der Waals surface area (Å²) >= 11 is 0. The molecule has 1 saturated heterocycles. The Bertz CT molecular complexity index is 571. The van der Waals surface area contributed by atoms with E-state index in [1.165, 1.54) is 25.3 Å². The molecule has 23 heavy (non-hydrogen) atoms. The zero-order chi connectivity index (χ0) is 16.8. The van der Waals surface area contributed by atoms with Crippen LogP contribution in [0.1, 0.15) is 12.5 Å². The predicted octanol–water partition coefficient (Wildman–Crippen LogP) is 1.68. The van der Waals surface area contributed by atoms with E-state index in [0.29, 0.717) is 44.1 Å². The van der Waals surface area contributed by atoms with E-state index in [9.17, 15) is 14.0 Å². The molecule has 0 bridgehead atoms. The van der Waals surface area contributed by atoms with Gasteiger partial charge in [-0.3, -0.25) is 4.79 Å². The molecule has 0 atom stereocenters. The van der Waals surface area contributed by atoms with Gasteiger partial charge in [-0.1, -0.05) is 0 Å². The van der Waals surface area contributed by atoms with Gasteiger partial charge in [-0.25, -0.2) is 9.18 Å². The third-order valence-electron chi connectivity index (χ3n) is 3.74. The van der Waals surface area contributed by atoms with Crippen molar-refractivity contribution >= 4 is 12.0 Å². The van der Waals surface area contributed by atoms with Gasteiger partial charge >= 0.3 is 6.09 Å². The predicted molar refractivity (Wildman–Crippen MR) is 81.8 cm³/mol. The molecule has 126 valence electrons. The molecule has 0 aliphatic carbocycles. The summed E-state index contributed by atoms with van der Waals surface area (Å²) < 4.78 is 23.4. The van der Waals surface area contributed by atoms with E-state index in [-0.39, 0.29) is 18.4 Å². The second-order valence-electron chi connectivity index (χ2n) is 5.20. The lowest BCUT2D eigenvalue weighted by Crippen LogP contribution is -2.51. The molecule has 1 heterocycles. The van der Waals surface area contributed by atoms with Crippen LogP contribution in [-0.2, 0) is 16.0 Å². The molecule has 1 aromatic carbocycles. The van der Waals surface area contributed by atoms with Crippen molar-refractivity contribution in [3.05, 3.63) is 29.6 Å². The first-order valence-electron chi connectivity index (χ1n) is 7.57. The molecule has 0 saturated carbocycles. The fourth-order valence-electron chi connectivity index (χ4n) is 2.51. The van der Waals surface area contributed by atoms with Gasteiger partial charge in [0.05, 0.1) is 20.1 Å². The van der Waals surface area contributed by atoms with E-state index in [2.05, 4.69) is 0 Å². The number of rotatable bonds is 4. The Hall–Kier alpha value is -2.31. The number of carbonyl (C=O) groups excluding carboxylic acids is 2. The van der Waals surface area contributed by atoms with Crippen LogP contribution >= 0.6 is 0 Å². The highest BCUT2D eigenvalue weighted by atomic mass is 19.1. The van der Waals surface area contributed by atoms with Crippen molar-refractivity contribution in [2.24, 2.45) is 0 Å². The van der Waals surface area contributed by atoms with Gasteiger partial charge in [-0.15, -0.1) is 0 Å². The summed E-state index contributed by atoms with van der Waals surface area (Å²) in [5.74, 6) is -0.0250. The first kappa shape index (κ1) is 17.1. The van der Waals surface area contributed by atoms with Gasteiger partial charge in [0.15, 0.2) is 0 Å². The summed E-state index contributed by atoms with van der Waals surface area (Å²) in [6, 6.07) is 4.12. The number of hydrogen-bond donors (Lipinski definition) is 0. The average molecular weight is 324 g/mol. The van der Waals surface area contributed by atoms with Crippen LogP contribution in [0.4, 0.5) is 9.18 Å². The second-order valence-corrected chi connectivity index (χ2v) is 5.20. The van der Waals surface area contributed by atoms with Gasteiger partial charge < -0.3 is 19.3 Å². The van der Waals surface area contributed by atoms with Crippen LogP contribution in [0.3, 0.4) is 0 Å². The number of hydrogen-bond acceptors (Lipinski definition) is 4. The van der Waals surface area contributed by atoms with Crippen molar-refractivity contribution in [1.82, 2.24) is 9.80 Å². The smallest absolute Gasteiger partial charge is 0.409 e. The maximum Gasteiger partial charge on any atom is 0.409 e. The zero-order valence-electron chi connectivity index (χ0n) is 13.4. The summed E-state index contributed by atoms with van der Waals surface area (Å²) in [5.41, 5.74) is 0.519. The first-order valence-corrected chi connectivity index (χ1v) is 7.57. The lowest BCUT2D eigenvalue weighted by atomic mass is 10.1. The highest BCUT2D eigenvalue weighted by Gasteiger charge is 2.25. The Morgan fingerprint density at radius 3 is 2.43 bits per heavy atom. The minimum Gasteiger partial charge on any atom is -0.496 e. The molecule has 1 fully saturated rings. The number of nitrogens with zero attached hydrogens (tertiary/aromatic N) is 2. The molecule has 0 radical (unpaired) electrons. The van der Waals surface area contributed by atoms with Gasteiger partial charge in [0.1, 0.15) is 11.6 Å². The molecular weight excluding hydrogens is 303 g/mol. The monoisotopic (exact) mass is 324 g/mol. The lowest BCUT2D eigenvalue weighted by Gasteiger charge is -2.34. The molecule has 1 aliphatic rings. The van der Waals surface area contributed by atoms with Crippen molar-refractivity contribution in [3.8, 4) is 5.75 Å². The van der Waals surface area contributed by atoms with E-state index in [1.54, 1.807) is 16.7 Å². The Morgan fingerprint density at radius 1 is 1.17 bits per heavy atom. The average Bonchev–Trinajstić information content (AvgIpc) is 2.55. The van der Waals surface area contributed by atoms with Crippen LogP contribution < -0.4 is 4.74 Å². The van der Waals surface area contributed by atoms with Crippen LogP contribution in [0.25, 0.3) is 0 Å². The van der Waals surface area contributed by atoms with Crippen LogP contribution in [0.2, 0.25) is 0 Å². The third kappa shape index (κ3) is 4.34. The molecule has 0 spiro atoms. The van der Waals surface area contributed by atoms with Gasteiger partial charge in [-0.2, -0.15) is 0 Å². The normalized spacial score (nSPS) is 14.6. The molecular formula is C16H21FN2O4. The number of methoxy groups -OCH3 is 1. The van der Waals surface area contributed by atoms with Gasteiger partial charge in [0.2, 0.25) is 5.91 Å². The lowest BCUT2D eigenvalue weighted by molar-refractivity contribution is -0.132. The number of ether oxygens (including phenoxy) is 2. The summed E-state index contributed by atoms with van der Waals surface area (Å²) in [4.78, 5) is 27.2. The van der Waals surface area contributed by atoms with Crippen molar-refractivity contribution in [2.45, 2.75) is 13.3 Å². The molecule has 2 amide bonds. The fraction of sp³-hybridized carbons (Fsp3) is 0.500. The largest absolute Gasteiger partial charge is 0.496 e. The van der Waals surface area contributed by atoms with Gasteiger partial charge in [0.25, 0.3) is 0 Å².